The van der Waals surface area contributed by atoms with Gasteiger partial charge in [0.25, 0.3) is 0 Å². The number of hydrogen-bond acceptors (Lipinski definition) is 4. The van der Waals surface area contributed by atoms with Crippen LogP contribution >= 0.6 is 11.6 Å². The van der Waals surface area contributed by atoms with Gasteiger partial charge in [0.2, 0.25) is 15.9 Å². The van der Waals surface area contributed by atoms with Gasteiger partial charge in [0.05, 0.1) is 5.52 Å². The summed E-state index contributed by atoms with van der Waals surface area (Å²) in [5.41, 5.74) is 2.52. The van der Waals surface area contributed by atoms with E-state index >= 15 is 0 Å². The first-order valence-electron chi connectivity index (χ1n) is 10.3. The van der Waals surface area contributed by atoms with Crippen LogP contribution in [0.25, 0.3) is 10.9 Å². The Labute approximate surface area is 197 Å². The molecule has 1 heterocycles. The number of carbonyl (C=O) groups excluding carboxylic acids is 1. The van der Waals surface area contributed by atoms with E-state index in [1.165, 1.54) is 12.3 Å². The lowest BCUT2D eigenvalue weighted by molar-refractivity contribution is -0.117. The molecule has 1 aromatic heterocycles. The number of halogens is 1. The molecule has 4 aromatic rings. The molecule has 0 aliphatic heterocycles. The highest BCUT2D eigenvalue weighted by atomic mass is 35.5. The Morgan fingerprint density at radius 1 is 1.00 bits per heavy atom. The highest BCUT2D eigenvalue weighted by Crippen LogP contribution is 2.23. The van der Waals surface area contributed by atoms with E-state index < -0.39 is 22.0 Å². The van der Waals surface area contributed by atoms with Crippen molar-refractivity contribution in [3.05, 3.63) is 101 Å². The van der Waals surface area contributed by atoms with Gasteiger partial charge in [-0.25, -0.2) is 8.42 Å². The van der Waals surface area contributed by atoms with Crippen LogP contribution in [0, 0.1) is 6.92 Å². The molecule has 0 bridgehead atoms. The standard InChI is InChI=1S/C25H22ClN3O3S/c1-17-12-13-20(16-21(17)26)28-25(30)22(15-18-7-3-2-4-8-18)29-33(31,32)23-11-5-9-19-10-6-14-27-24(19)23/h2-14,16,22,29H,15H2,1H3,(H,28,30)/t22-/m0/s1. The Morgan fingerprint density at radius 2 is 1.76 bits per heavy atom. The van der Waals surface area contributed by atoms with Gasteiger partial charge < -0.3 is 5.32 Å². The quantitative estimate of drug-likeness (QED) is 0.401. The summed E-state index contributed by atoms with van der Waals surface area (Å²) >= 11 is 6.18. The second-order valence-electron chi connectivity index (χ2n) is 7.65. The highest BCUT2D eigenvalue weighted by Gasteiger charge is 2.28. The number of aryl methyl sites for hydroxylation is 1. The second kappa shape index (κ2) is 9.70. The third-order valence-corrected chi connectivity index (χ3v) is 7.13. The SMILES string of the molecule is Cc1ccc(NC(=O)[C@H](Cc2ccccc2)NS(=O)(=O)c2cccc3cccnc23)cc1Cl. The normalized spacial score (nSPS) is 12.4. The molecular weight excluding hydrogens is 458 g/mol. The van der Waals surface area contributed by atoms with Crippen molar-refractivity contribution in [2.45, 2.75) is 24.3 Å². The zero-order valence-corrected chi connectivity index (χ0v) is 19.4. The number of carbonyl (C=O) groups is 1. The van der Waals surface area contributed by atoms with Gasteiger partial charge in [-0.2, -0.15) is 4.72 Å². The van der Waals surface area contributed by atoms with Crippen molar-refractivity contribution in [2.24, 2.45) is 0 Å². The van der Waals surface area contributed by atoms with Gasteiger partial charge in [-0.15, -0.1) is 0 Å². The molecule has 0 saturated carbocycles. The highest BCUT2D eigenvalue weighted by molar-refractivity contribution is 7.89. The fraction of sp³-hybridized carbons (Fsp3) is 0.120. The average Bonchev–Trinajstić information content (AvgIpc) is 2.81. The Hall–Kier alpha value is -3.26. The number of nitrogens with zero attached hydrogens (tertiary/aromatic N) is 1. The van der Waals surface area contributed by atoms with Crippen LogP contribution in [0.5, 0.6) is 0 Å². The maximum absolute atomic E-state index is 13.4. The molecule has 6 nitrogen and oxygen atoms in total. The molecule has 1 amide bonds. The summed E-state index contributed by atoms with van der Waals surface area (Å²) in [6, 6.07) is 21.8. The third kappa shape index (κ3) is 5.39. The number of sulfonamides is 1. The average molecular weight is 480 g/mol. The van der Waals surface area contributed by atoms with Crippen molar-refractivity contribution in [3.8, 4) is 0 Å². The Bertz CT molecular complexity index is 1400. The summed E-state index contributed by atoms with van der Waals surface area (Å²) in [5, 5.41) is 3.98. The smallest absolute Gasteiger partial charge is 0.243 e. The van der Waals surface area contributed by atoms with Gasteiger partial charge in [-0.1, -0.05) is 66.2 Å². The molecule has 33 heavy (non-hydrogen) atoms. The van der Waals surface area contributed by atoms with Gasteiger partial charge >= 0.3 is 0 Å². The first-order chi connectivity index (χ1) is 15.8. The molecule has 0 aliphatic rings. The third-order valence-electron chi connectivity index (χ3n) is 5.22. The molecule has 0 spiro atoms. The minimum atomic E-state index is -4.06. The zero-order chi connectivity index (χ0) is 23.4. The first-order valence-corrected chi connectivity index (χ1v) is 12.2. The van der Waals surface area contributed by atoms with E-state index in [1.54, 1.807) is 42.5 Å². The van der Waals surface area contributed by atoms with Gasteiger partial charge in [0.15, 0.2) is 0 Å². The molecule has 1 atom stereocenters. The Kier molecular flexibility index (Phi) is 6.74. The predicted octanol–water partition coefficient (Wildman–Crippen LogP) is 4.72. The second-order valence-corrected chi connectivity index (χ2v) is 9.74. The molecule has 0 aliphatic carbocycles. The van der Waals surface area contributed by atoms with E-state index in [2.05, 4.69) is 15.0 Å². The summed E-state index contributed by atoms with van der Waals surface area (Å²) in [6.07, 6.45) is 1.71. The van der Waals surface area contributed by atoms with Crippen molar-refractivity contribution in [3.63, 3.8) is 0 Å². The van der Waals surface area contributed by atoms with Crippen LogP contribution in [0.3, 0.4) is 0 Å². The summed E-state index contributed by atoms with van der Waals surface area (Å²) in [6.45, 7) is 1.86. The van der Waals surface area contributed by atoms with E-state index in [9.17, 15) is 13.2 Å². The van der Waals surface area contributed by atoms with Crippen LogP contribution in [0.15, 0.2) is 90.0 Å². The molecular formula is C25H22ClN3O3S. The lowest BCUT2D eigenvalue weighted by atomic mass is 10.1. The van der Waals surface area contributed by atoms with Crippen LogP contribution in [-0.4, -0.2) is 25.4 Å². The van der Waals surface area contributed by atoms with Crippen LogP contribution in [0.4, 0.5) is 5.69 Å². The van der Waals surface area contributed by atoms with E-state index in [1.807, 2.05) is 37.3 Å². The number of nitrogens with one attached hydrogen (secondary N) is 2. The Balaban J connectivity index is 1.66. The number of amides is 1. The maximum Gasteiger partial charge on any atom is 0.243 e. The van der Waals surface area contributed by atoms with Gasteiger partial charge in [-0.3, -0.25) is 9.78 Å². The first kappa shape index (κ1) is 22.9. The van der Waals surface area contributed by atoms with Crippen molar-refractivity contribution < 1.29 is 13.2 Å². The van der Waals surface area contributed by atoms with Gasteiger partial charge in [0.1, 0.15) is 10.9 Å². The number of pyridine rings is 1. The fourth-order valence-electron chi connectivity index (χ4n) is 3.48. The van der Waals surface area contributed by atoms with Crippen molar-refractivity contribution in [2.75, 3.05) is 5.32 Å². The molecule has 168 valence electrons. The van der Waals surface area contributed by atoms with Crippen LogP contribution in [-0.2, 0) is 21.2 Å². The fourth-order valence-corrected chi connectivity index (χ4v) is 5.04. The maximum atomic E-state index is 13.4. The van der Waals surface area contributed by atoms with E-state index in [4.69, 9.17) is 11.6 Å². The molecule has 4 rings (SSSR count). The molecule has 0 saturated heterocycles. The molecule has 0 unspecified atom stereocenters. The number of aromatic nitrogens is 1. The molecule has 8 heteroatoms. The minimum absolute atomic E-state index is 0.0184. The summed E-state index contributed by atoms with van der Waals surface area (Å²) in [5.74, 6) is -0.490. The van der Waals surface area contributed by atoms with E-state index in [-0.39, 0.29) is 11.3 Å². The number of para-hydroxylation sites is 1. The summed E-state index contributed by atoms with van der Waals surface area (Å²) < 4.78 is 29.3. The van der Waals surface area contributed by atoms with Gasteiger partial charge in [-0.05, 0) is 48.7 Å². The predicted molar refractivity (Wildman–Crippen MR) is 131 cm³/mol. The minimum Gasteiger partial charge on any atom is -0.325 e. The number of rotatable bonds is 7. The van der Waals surface area contributed by atoms with Crippen molar-refractivity contribution >= 4 is 44.1 Å². The van der Waals surface area contributed by atoms with Crippen molar-refractivity contribution in [1.82, 2.24) is 9.71 Å². The van der Waals surface area contributed by atoms with Crippen LogP contribution in [0.1, 0.15) is 11.1 Å². The number of benzene rings is 3. The van der Waals surface area contributed by atoms with Crippen LogP contribution in [0.2, 0.25) is 5.02 Å². The van der Waals surface area contributed by atoms with Crippen molar-refractivity contribution in [1.29, 1.82) is 0 Å². The monoisotopic (exact) mass is 479 g/mol. The van der Waals surface area contributed by atoms with Crippen LogP contribution < -0.4 is 10.0 Å². The lowest BCUT2D eigenvalue weighted by Gasteiger charge is -2.19. The molecule has 0 fully saturated rings. The molecule has 0 radical (unpaired) electrons. The summed E-state index contributed by atoms with van der Waals surface area (Å²) in [4.78, 5) is 17.4. The largest absolute Gasteiger partial charge is 0.325 e. The van der Waals surface area contributed by atoms with Gasteiger partial charge in [0, 0.05) is 22.3 Å². The Morgan fingerprint density at radius 3 is 2.52 bits per heavy atom. The molecule has 3 aromatic carbocycles. The number of fused-ring (bicyclic) bond motifs is 1. The summed E-state index contributed by atoms with van der Waals surface area (Å²) in [7, 11) is -4.06. The van der Waals surface area contributed by atoms with E-state index in [0.717, 1.165) is 11.1 Å². The zero-order valence-electron chi connectivity index (χ0n) is 17.8. The van der Waals surface area contributed by atoms with E-state index in [0.29, 0.717) is 21.6 Å². The lowest BCUT2D eigenvalue weighted by Crippen LogP contribution is -2.45. The number of hydrogen-bond donors (Lipinski definition) is 2. The topological polar surface area (TPSA) is 88.2 Å². The molecule has 2 N–H and O–H groups in total. The number of anilines is 1.